The van der Waals surface area contributed by atoms with Gasteiger partial charge < -0.3 is 36.9 Å². The van der Waals surface area contributed by atoms with Gasteiger partial charge in [0.1, 0.15) is 17.3 Å². The van der Waals surface area contributed by atoms with Crippen LogP contribution in [0.15, 0.2) is 97.1 Å². The molecule has 0 saturated carbocycles. The number of hydrogen-bond acceptors (Lipinski definition) is 6. The van der Waals surface area contributed by atoms with E-state index in [0.717, 1.165) is 5.56 Å². The van der Waals surface area contributed by atoms with Gasteiger partial charge in [-0.05, 0) is 66.5 Å². The molecule has 0 fully saturated rings. The molecule has 0 atom stereocenters. The maximum absolute atomic E-state index is 13.6. The molecule has 9 heteroatoms. The first kappa shape index (κ1) is 26.6. The first-order chi connectivity index (χ1) is 16.7. The molecule has 0 spiro atoms. The number of carbonyl (C=O) groups excluding carboxylic acids is 1. The predicted molar refractivity (Wildman–Crippen MR) is 136 cm³/mol. The number of nitrogens with two attached hydrogens (primary N) is 3. The molecule has 0 bridgehead atoms. The molecule has 2 aromatic carbocycles. The van der Waals surface area contributed by atoms with Crippen LogP contribution in [-0.2, 0) is 6.54 Å². The van der Waals surface area contributed by atoms with Crippen LogP contribution in [0.4, 0.5) is 9.18 Å². The molecule has 2 amide bonds. The van der Waals surface area contributed by atoms with Crippen LogP contribution in [-0.4, -0.2) is 25.2 Å². The zero-order chi connectivity index (χ0) is 26.0. The second-order valence-corrected chi connectivity index (χ2v) is 7.23. The van der Waals surface area contributed by atoms with Gasteiger partial charge in [-0.3, -0.25) is 0 Å². The Kier molecular flexibility index (Phi) is 9.53. The smallest absolute Gasteiger partial charge is 0.316 e. The van der Waals surface area contributed by atoms with E-state index in [2.05, 4.69) is 18.5 Å². The van der Waals surface area contributed by atoms with E-state index in [1.54, 1.807) is 61.7 Å². The molecule has 35 heavy (non-hydrogen) atoms. The fourth-order valence-corrected chi connectivity index (χ4v) is 3.32. The van der Waals surface area contributed by atoms with E-state index in [4.69, 9.17) is 26.7 Å². The summed E-state index contributed by atoms with van der Waals surface area (Å²) in [6.07, 6.45) is 6.04. The average Bonchev–Trinajstić information content (AvgIpc) is 2.83. The molecule has 8 nitrogen and oxygen atoms in total. The van der Waals surface area contributed by atoms with E-state index in [9.17, 15) is 9.18 Å². The number of nitrogens with one attached hydrogen (secondary N) is 1. The number of methoxy groups -OCH3 is 2. The Labute approximate surface area is 204 Å². The standard InChI is InChI=1S/C26H30FN5O3/c1-5-32(16-20-8-11-22(34-3)15-23(20)35-4)25(24(29)18-6-9-21(27)10-7-18)19(12-13-28)14-17(2)31-26(30)33/h5-15H,1-2,16,28-29H2,3-4H3,(H3,30,31,33)/b13-12-,19-14+,25-24-. The Bertz CT molecular complexity index is 1170. The van der Waals surface area contributed by atoms with E-state index in [1.807, 2.05) is 6.07 Å². The minimum absolute atomic E-state index is 0.209. The van der Waals surface area contributed by atoms with Crippen LogP contribution in [0.5, 0.6) is 11.5 Å². The number of benzene rings is 2. The van der Waals surface area contributed by atoms with Gasteiger partial charge in [0, 0.05) is 22.9 Å². The Morgan fingerprint density at radius 2 is 1.83 bits per heavy atom. The summed E-state index contributed by atoms with van der Waals surface area (Å²) in [5.74, 6) is 0.830. The minimum atomic E-state index is -0.775. The van der Waals surface area contributed by atoms with Crippen molar-refractivity contribution in [3.05, 3.63) is 114 Å². The maximum Gasteiger partial charge on any atom is 0.316 e. The van der Waals surface area contributed by atoms with Gasteiger partial charge in [0.05, 0.1) is 32.2 Å². The van der Waals surface area contributed by atoms with E-state index in [0.29, 0.717) is 40.6 Å². The monoisotopic (exact) mass is 479 g/mol. The normalized spacial score (nSPS) is 12.0. The summed E-state index contributed by atoms with van der Waals surface area (Å²) in [7, 11) is 3.13. The van der Waals surface area contributed by atoms with Crippen LogP contribution >= 0.6 is 0 Å². The number of amides is 2. The SMILES string of the molecule is C=CN(Cc1ccc(OC)cc1OC)C(=C(\N)c1ccc(F)cc1)/C(/C=C\N)=C/C(=C)NC(N)=O. The van der Waals surface area contributed by atoms with E-state index in [1.165, 1.54) is 18.3 Å². The molecule has 0 saturated heterocycles. The highest BCUT2D eigenvalue weighted by Gasteiger charge is 2.19. The van der Waals surface area contributed by atoms with E-state index < -0.39 is 11.8 Å². The molecule has 2 rings (SSSR count). The molecular weight excluding hydrogens is 449 g/mol. The number of urea groups is 1. The summed E-state index contributed by atoms with van der Waals surface area (Å²) in [5, 5.41) is 2.41. The summed E-state index contributed by atoms with van der Waals surface area (Å²) >= 11 is 0. The Morgan fingerprint density at radius 1 is 1.14 bits per heavy atom. The van der Waals surface area contributed by atoms with Crippen LogP contribution < -0.4 is 32.0 Å². The molecule has 2 aromatic rings. The summed E-state index contributed by atoms with van der Waals surface area (Å²) in [4.78, 5) is 13.1. The zero-order valence-corrected chi connectivity index (χ0v) is 19.8. The molecule has 0 unspecified atom stereocenters. The van der Waals surface area contributed by atoms with Gasteiger partial charge in [0.2, 0.25) is 0 Å². The molecule has 0 aliphatic rings. The molecular formula is C26H30FN5O3. The lowest BCUT2D eigenvalue weighted by molar-refractivity contribution is 0.251. The van der Waals surface area contributed by atoms with Crippen molar-refractivity contribution in [2.45, 2.75) is 6.54 Å². The van der Waals surface area contributed by atoms with Crippen molar-refractivity contribution in [2.75, 3.05) is 14.2 Å². The van der Waals surface area contributed by atoms with Crippen LogP contribution in [0.2, 0.25) is 0 Å². The van der Waals surface area contributed by atoms with E-state index in [-0.39, 0.29) is 5.70 Å². The van der Waals surface area contributed by atoms with Gasteiger partial charge in [-0.15, -0.1) is 0 Å². The van der Waals surface area contributed by atoms with Crippen molar-refractivity contribution in [1.82, 2.24) is 10.2 Å². The first-order valence-electron chi connectivity index (χ1n) is 10.5. The van der Waals surface area contributed by atoms with Crippen LogP contribution in [0.25, 0.3) is 5.70 Å². The second kappa shape index (κ2) is 12.5. The van der Waals surface area contributed by atoms with Crippen molar-refractivity contribution >= 4 is 11.7 Å². The van der Waals surface area contributed by atoms with Crippen LogP contribution in [0.3, 0.4) is 0 Å². The van der Waals surface area contributed by atoms with E-state index >= 15 is 0 Å². The van der Waals surface area contributed by atoms with Gasteiger partial charge in [-0.1, -0.05) is 13.2 Å². The fraction of sp³-hybridized carbons (Fsp3) is 0.115. The highest BCUT2D eigenvalue weighted by atomic mass is 19.1. The lowest BCUT2D eigenvalue weighted by atomic mass is 10.0. The molecule has 0 heterocycles. The predicted octanol–water partition coefficient (Wildman–Crippen LogP) is 3.70. The number of ether oxygens (including phenoxy) is 2. The van der Waals surface area contributed by atoms with Gasteiger partial charge in [-0.25, -0.2) is 9.18 Å². The lowest BCUT2D eigenvalue weighted by Gasteiger charge is -2.27. The number of carbonyl (C=O) groups is 1. The summed E-state index contributed by atoms with van der Waals surface area (Å²) in [5.41, 5.74) is 20.4. The van der Waals surface area contributed by atoms with Crippen molar-refractivity contribution in [2.24, 2.45) is 17.2 Å². The average molecular weight is 480 g/mol. The number of primary amides is 1. The van der Waals surface area contributed by atoms with Crippen LogP contribution in [0, 0.1) is 5.82 Å². The van der Waals surface area contributed by atoms with Gasteiger partial charge in [-0.2, -0.15) is 0 Å². The molecule has 0 aliphatic heterocycles. The van der Waals surface area contributed by atoms with Crippen molar-refractivity contribution < 1.29 is 18.7 Å². The zero-order valence-electron chi connectivity index (χ0n) is 19.8. The Morgan fingerprint density at radius 3 is 2.37 bits per heavy atom. The summed E-state index contributed by atoms with van der Waals surface area (Å²) in [6.45, 7) is 8.04. The third-order valence-corrected chi connectivity index (χ3v) is 4.92. The highest BCUT2D eigenvalue weighted by Crippen LogP contribution is 2.31. The van der Waals surface area contributed by atoms with Gasteiger partial charge in [0.15, 0.2) is 0 Å². The van der Waals surface area contributed by atoms with Crippen molar-refractivity contribution in [3.63, 3.8) is 0 Å². The number of allylic oxidation sites excluding steroid dienone is 2. The second-order valence-electron chi connectivity index (χ2n) is 7.23. The topological polar surface area (TPSA) is 129 Å². The number of nitrogens with zero attached hydrogens (tertiary/aromatic N) is 1. The first-order valence-corrected chi connectivity index (χ1v) is 10.5. The Balaban J connectivity index is 2.71. The van der Waals surface area contributed by atoms with Crippen molar-refractivity contribution in [3.8, 4) is 11.5 Å². The van der Waals surface area contributed by atoms with Crippen LogP contribution in [0.1, 0.15) is 11.1 Å². The molecule has 0 radical (unpaired) electrons. The lowest BCUT2D eigenvalue weighted by Crippen LogP contribution is -2.28. The number of hydrogen-bond donors (Lipinski definition) is 4. The van der Waals surface area contributed by atoms with Gasteiger partial charge in [0.25, 0.3) is 0 Å². The third kappa shape index (κ3) is 7.16. The quantitative estimate of drug-likeness (QED) is 0.364. The largest absolute Gasteiger partial charge is 0.497 e. The summed E-state index contributed by atoms with van der Waals surface area (Å²) < 4.78 is 24.4. The fourth-order valence-electron chi connectivity index (χ4n) is 3.32. The van der Waals surface area contributed by atoms with Crippen molar-refractivity contribution in [1.29, 1.82) is 0 Å². The molecule has 0 aliphatic carbocycles. The molecule has 184 valence electrons. The molecule has 7 N–H and O–H groups in total. The maximum atomic E-state index is 13.6. The summed E-state index contributed by atoms with van der Waals surface area (Å²) in [6, 6.07) is 10.4. The Hall–Kier alpha value is -4.66. The minimum Gasteiger partial charge on any atom is -0.497 e. The third-order valence-electron chi connectivity index (χ3n) is 4.92. The highest BCUT2D eigenvalue weighted by molar-refractivity contribution is 5.75. The molecule has 0 aromatic heterocycles. The van der Waals surface area contributed by atoms with Gasteiger partial charge >= 0.3 is 6.03 Å². The number of rotatable bonds is 11. The number of halogens is 1.